The maximum Gasteiger partial charge on any atom is 0.500 e. The molecule has 0 aromatic carbocycles. The zero-order valence-corrected chi connectivity index (χ0v) is 14.2. The number of nitriles is 1. The number of rotatable bonds is 13. The number of nitrogens with zero attached hydrogens (tertiary/aromatic N) is 1. The van der Waals surface area contributed by atoms with Crippen LogP contribution in [0.1, 0.15) is 26.2 Å². The quantitative estimate of drug-likeness (QED) is 0.392. The summed E-state index contributed by atoms with van der Waals surface area (Å²) in [5.74, 6) is 0. The minimum absolute atomic E-state index is 0.303. The maximum atomic E-state index is 8.65. The maximum absolute atomic E-state index is 8.65. The van der Waals surface area contributed by atoms with Gasteiger partial charge in [-0.15, -0.1) is 0 Å². The van der Waals surface area contributed by atoms with Gasteiger partial charge in [-0.25, -0.2) is 0 Å². The van der Waals surface area contributed by atoms with Crippen LogP contribution in [0.3, 0.4) is 0 Å². The monoisotopic (exact) mass is 303 g/mol. The molecule has 1 atom stereocenters. The Bertz CT molecular complexity index is 262. The van der Waals surface area contributed by atoms with Crippen molar-refractivity contribution in [2.24, 2.45) is 0 Å². The van der Waals surface area contributed by atoms with Gasteiger partial charge in [0, 0.05) is 46.5 Å². The minimum Gasteiger partial charge on any atom is -0.377 e. The second-order valence-electron chi connectivity index (χ2n) is 4.57. The lowest BCUT2D eigenvalue weighted by atomic mass is 10.2. The van der Waals surface area contributed by atoms with Crippen LogP contribution in [0.25, 0.3) is 0 Å². The molecule has 0 aliphatic carbocycles. The smallest absolute Gasteiger partial charge is 0.377 e. The molecule has 2 N–H and O–H groups in total. The summed E-state index contributed by atoms with van der Waals surface area (Å²) < 4.78 is 16.1. The summed E-state index contributed by atoms with van der Waals surface area (Å²) in [4.78, 5) is 0. The van der Waals surface area contributed by atoms with Gasteiger partial charge < -0.3 is 23.9 Å². The minimum atomic E-state index is -2.41. The van der Waals surface area contributed by atoms with Crippen LogP contribution >= 0.6 is 0 Å². The third-order valence-electron chi connectivity index (χ3n) is 3.33. The van der Waals surface area contributed by atoms with Crippen LogP contribution in [0.5, 0.6) is 0 Å². The molecule has 0 heterocycles. The molecule has 0 radical (unpaired) electrons. The van der Waals surface area contributed by atoms with Gasteiger partial charge in [-0.05, 0) is 19.4 Å². The number of hydrogen-bond acceptors (Lipinski definition) is 6. The second kappa shape index (κ2) is 12.3. The van der Waals surface area contributed by atoms with E-state index in [-0.39, 0.29) is 0 Å². The van der Waals surface area contributed by atoms with Crippen LogP contribution in [0.4, 0.5) is 0 Å². The molecule has 0 saturated carbocycles. The fraction of sp³-hybridized carbons (Fsp3) is 0.923. The van der Waals surface area contributed by atoms with Gasteiger partial charge in [0.15, 0.2) is 0 Å². The van der Waals surface area contributed by atoms with Crippen molar-refractivity contribution in [3.05, 3.63) is 0 Å². The summed E-state index contributed by atoms with van der Waals surface area (Å²) in [5.41, 5.74) is 0. The molecule has 6 nitrogen and oxygen atoms in total. The van der Waals surface area contributed by atoms with E-state index in [9.17, 15) is 0 Å². The first-order valence-corrected chi connectivity index (χ1v) is 9.07. The molecule has 118 valence electrons. The predicted molar refractivity (Wildman–Crippen MR) is 81.4 cm³/mol. The zero-order chi connectivity index (χ0) is 15.3. The van der Waals surface area contributed by atoms with E-state index in [0.29, 0.717) is 12.5 Å². The van der Waals surface area contributed by atoms with Gasteiger partial charge in [-0.2, -0.15) is 5.26 Å². The van der Waals surface area contributed by atoms with Crippen molar-refractivity contribution in [2.75, 3.05) is 41.0 Å². The Balaban J connectivity index is 3.60. The number of nitrogens with one attached hydrogen (secondary N) is 2. The molecule has 0 fully saturated rings. The highest BCUT2D eigenvalue weighted by atomic mass is 28.4. The van der Waals surface area contributed by atoms with Crippen molar-refractivity contribution in [3.8, 4) is 6.07 Å². The van der Waals surface area contributed by atoms with Gasteiger partial charge in [-0.3, -0.25) is 0 Å². The summed E-state index contributed by atoms with van der Waals surface area (Å²) >= 11 is 0. The van der Waals surface area contributed by atoms with E-state index in [0.717, 1.165) is 38.5 Å². The van der Waals surface area contributed by atoms with Crippen LogP contribution in [0, 0.1) is 11.3 Å². The molecule has 0 rings (SSSR count). The molecule has 0 bridgehead atoms. The molecule has 7 heteroatoms. The molecule has 0 aromatic heterocycles. The second-order valence-corrected chi connectivity index (χ2v) is 7.66. The fourth-order valence-electron chi connectivity index (χ4n) is 1.95. The van der Waals surface area contributed by atoms with Crippen LogP contribution in [-0.4, -0.2) is 55.8 Å². The largest absolute Gasteiger partial charge is 0.500 e. The normalized spacial score (nSPS) is 13.2. The molecule has 0 amide bonds. The fourth-order valence-corrected chi connectivity index (χ4v) is 3.67. The average molecular weight is 303 g/mol. The first-order chi connectivity index (χ1) is 9.67. The van der Waals surface area contributed by atoms with Gasteiger partial charge in [-0.1, -0.05) is 6.92 Å². The van der Waals surface area contributed by atoms with Crippen molar-refractivity contribution >= 4 is 8.80 Å². The van der Waals surface area contributed by atoms with Crippen molar-refractivity contribution in [1.29, 1.82) is 5.26 Å². The van der Waals surface area contributed by atoms with Crippen LogP contribution < -0.4 is 10.6 Å². The highest BCUT2D eigenvalue weighted by Gasteiger charge is 2.36. The lowest BCUT2D eigenvalue weighted by Crippen LogP contribution is -2.43. The van der Waals surface area contributed by atoms with E-state index in [2.05, 4.69) is 23.6 Å². The molecular formula is C13H29N3O3Si. The van der Waals surface area contributed by atoms with Crippen LogP contribution in [0.2, 0.25) is 6.04 Å². The first-order valence-electron chi connectivity index (χ1n) is 7.14. The first kappa shape index (κ1) is 19.5. The molecule has 0 aromatic rings. The predicted octanol–water partition coefficient (Wildman–Crippen LogP) is 1.13. The van der Waals surface area contributed by atoms with Crippen molar-refractivity contribution < 1.29 is 13.3 Å². The molecule has 0 aliphatic rings. The Morgan fingerprint density at radius 2 is 1.75 bits per heavy atom. The van der Waals surface area contributed by atoms with E-state index < -0.39 is 8.80 Å². The van der Waals surface area contributed by atoms with Gasteiger partial charge in [0.2, 0.25) is 0 Å². The third kappa shape index (κ3) is 7.94. The number of hydrogen-bond donors (Lipinski definition) is 2. The zero-order valence-electron chi connectivity index (χ0n) is 13.2. The van der Waals surface area contributed by atoms with Gasteiger partial charge >= 0.3 is 8.80 Å². The lowest BCUT2D eigenvalue weighted by molar-refractivity contribution is 0.123. The van der Waals surface area contributed by atoms with E-state index >= 15 is 0 Å². The molecule has 1 unspecified atom stereocenters. The molecule has 20 heavy (non-hydrogen) atoms. The third-order valence-corrected chi connectivity index (χ3v) is 6.17. The Morgan fingerprint density at radius 1 is 1.10 bits per heavy atom. The highest BCUT2D eigenvalue weighted by Crippen LogP contribution is 2.14. The Morgan fingerprint density at radius 3 is 2.25 bits per heavy atom. The van der Waals surface area contributed by atoms with Crippen LogP contribution in [0.15, 0.2) is 0 Å². The SMILES string of the molecule is CCC(CC#N)NCCNCCC[Si](OC)(OC)OC. The summed E-state index contributed by atoms with van der Waals surface area (Å²) in [6, 6.07) is 3.31. The van der Waals surface area contributed by atoms with E-state index in [1.54, 1.807) is 21.3 Å². The van der Waals surface area contributed by atoms with Crippen molar-refractivity contribution in [3.63, 3.8) is 0 Å². The Kier molecular flexibility index (Phi) is 12.0. The summed E-state index contributed by atoms with van der Waals surface area (Å²) in [6.45, 7) is 4.76. The summed E-state index contributed by atoms with van der Waals surface area (Å²) in [5, 5.41) is 15.4. The average Bonchev–Trinajstić information content (AvgIpc) is 2.49. The lowest BCUT2D eigenvalue weighted by Gasteiger charge is -2.24. The van der Waals surface area contributed by atoms with Crippen LogP contribution in [-0.2, 0) is 13.3 Å². The highest BCUT2D eigenvalue weighted by molar-refractivity contribution is 6.60. The molecule has 0 spiro atoms. The van der Waals surface area contributed by atoms with E-state index in [4.69, 9.17) is 18.5 Å². The van der Waals surface area contributed by atoms with Gasteiger partial charge in [0.1, 0.15) is 0 Å². The Labute approximate surface area is 124 Å². The molecule has 0 saturated heterocycles. The van der Waals surface area contributed by atoms with Gasteiger partial charge in [0.25, 0.3) is 0 Å². The van der Waals surface area contributed by atoms with Crippen molar-refractivity contribution in [2.45, 2.75) is 38.3 Å². The summed E-state index contributed by atoms with van der Waals surface area (Å²) in [6.07, 6.45) is 2.51. The van der Waals surface area contributed by atoms with Crippen molar-refractivity contribution in [1.82, 2.24) is 10.6 Å². The van der Waals surface area contributed by atoms with E-state index in [1.165, 1.54) is 0 Å². The summed E-state index contributed by atoms with van der Waals surface area (Å²) in [7, 11) is 2.49. The topological polar surface area (TPSA) is 75.5 Å². The standard InChI is InChI=1S/C13H29N3O3Si/c1-5-13(7-8-14)16-11-10-15-9-6-12-20(17-2,18-3)19-4/h13,15-16H,5-7,9-12H2,1-4H3. The van der Waals surface area contributed by atoms with E-state index in [1.807, 2.05) is 0 Å². The van der Waals surface area contributed by atoms with Gasteiger partial charge in [0.05, 0.1) is 12.5 Å². The molecule has 0 aliphatic heterocycles. The molecular weight excluding hydrogens is 274 g/mol. The Hall–Kier alpha value is -0.493.